The average molecular weight is 374 g/mol. The predicted molar refractivity (Wildman–Crippen MR) is 91.5 cm³/mol. The zero-order chi connectivity index (χ0) is 13.7. The molecular weight excluding hydrogens is 343 g/mol. The van der Waals surface area contributed by atoms with E-state index in [9.17, 15) is 0 Å². The zero-order valence-corrected chi connectivity index (χ0v) is 15.3. The van der Waals surface area contributed by atoms with Gasteiger partial charge in [0.25, 0.3) is 0 Å². The number of hydrogen-bond donors (Lipinski definition) is 0. The first-order chi connectivity index (χ1) is 9.02. The van der Waals surface area contributed by atoms with E-state index in [-0.39, 0.29) is 0 Å². The fourth-order valence-electron chi connectivity index (χ4n) is 6.25. The Morgan fingerprint density at radius 2 is 1.26 bits per heavy atom. The van der Waals surface area contributed by atoms with E-state index >= 15 is 0 Å². The van der Waals surface area contributed by atoms with Crippen molar-refractivity contribution in [2.75, 3.05) is 0 Å². The molecule has 3 aliphatic carbocycles. The largest absolute Gasteiger partial charge is 0.0820 e. The lowest BCUT2D eigenvalue weighted by Crippen LogP contribution is -2.54. The maximum Gasteiger partial charge on any atom is 0.0177 e. The average Bonchev–Trinajstić information content (AvgIpc) is 2.38. The van der Waals surface area contributed by atoms with Crippen molar-refractivity contribution in [2.24, 2.45) is 47.3 Å². The fraction of sp³-hybridized carbons (Fsp3) is 1.00. The number of alkyl halides is 1. The molecule has 0 nitrogen and oxygen atoms in total. The first kappa shape index (κ1) is 14.7. The zero-order valence-electron chi connectivity index (χ0n) is 13.1. The molecule has 9 atom stereocenters. The standard InChI is InChI=1S/C18H31I/c1-10-6-5-7-14-13(4)15-11(2)8-9-12(3)17(15)18(19)16(10)14/h10-18H,5-9H2,1-4H3/t10?,11?,12?,13-,14?,15?,16?,17?,18?/m1/s1. The molecule has 1 heteroatoms. The van der Waals surface area contributed by atoms with Crippen molar-refractivity contribution in [1.82, 2.24) is 0 Å². The molecule has 3 saturated carbocycles. The van der Waals surface area contributed by atoms with Crippen LogP contribution in [0.4, 0.5) is 0 Å². The summed E-state index contributed by atoms with van der Waals surface area (Å²) in [5.74, 6) is 8.03. The van der Waals surface area contributed by atoms with Gasteiger partial charge in [-0.1, -0.05) is 76.0 Å². The quantitative estimate of drug-likeness (QED) is 0.372. The molecule has 0 aromatic heterocycles. The number of fused-ring (bicyclic) bond motifs is 2. The topological polar surface area (TPSA) is 0 Å². The molecular formula is C18H31I. The van der Waals surface area contributed by atoms with Gasteiger partial charge < -0.3 is 0 Å². The van der Waals surface area contributed by atoms with Crippen LogP contribution in [-0.4, -0.2) is 3.92 Å². The molecule has 3 rings (SSSR count). The van der Waals surface area contributed by atoms with E-state index in [0.717, 1.165) is 51.3 Å². The third kappa shape index (κ3) is 2.30. The van der Waals surface area contributed by atoms with Crippen molar-refractivity contribution in [3.63, 3.8) is 0 Å². The van der Waals surface area contributed by atoms with Crippen LogP contribution in [0, 0.1) is 47.3 Å². The van der Waals surface area contributed by atoms with Crippen LogP contribution >= 0.6 is 22.6 Å². The van der Waals surface area contributed by atoms with Crippen LogP contribution in [0.1, 0.15) is 59.8 Å². The second-order valence-electron chi connectivity index (χ2n) is 8.14. The summed E-state index contributed by atoms with van der Waals surface area (Å²) in [6, 6.07) is 0. The Kier molecular flexibility index (Phi) is 4.24. The van der Waals surface area contributed by atoms with E-state index < -0.39 is 0 Å². The Morgan fingerprint density at radius 1 is 0.684 bits per heavy atom. The van der Waals surface area contributed by atoms with Gasteiger partial charge >= 0.3 is 0 Å². The summed E-state index contributed by atoms with van der Waals surface area (Å²) in [4.78, 5) is 0. The van der Waals surface area contributed by atoms with Crippen LogP contribution in [0.15, 0.2) is 0 Å². The highest BCUT2D eigenvalue weighted by molar-refractivity contribution is 14.1. The summed E-state index contributed by atoms with van der Waals surface area (Å²) >= 11 is 2.88. The molecule has 0 amide bonds. The molecule has 0 heterocycles. The van der Waals surface area contributed by atoms with E-state index in [0.29, 0.717) is 0 Å². The number of rotatable bonds is 0. The van der Waals surface area contributed by atoms with Gasteiger partial charge in [0, 0.05) is 3.92 Å². The van der Waals surface area contributed by atoms with Crippen LogP contribution in [0.5, 0.6) is 0 Å². The number of hydrogen-bond acceptors (Lipinski definition) is 0. The molecule has 110 valence electrons. The summed E-state index contributed by atoms with van der Waals surface area (Å²) in [5.41, 5.74) is 0. The lowest BCUT2D eigenvalue weighted by molar-refractivity contribution is -0.0570. The Hall–Kier alpha value is 0.730. The van der Waals surface area contributed by atoms with Gasteiger partial charge in [-0.2, -0.15) is 0 Å². The van der Waals surface area contributed by atoms with E-state index in [2.05, 4.69) is 50.3 Å². The van der Waals surface area contributed by atoms with Crippen LogP contribution in [0.25, 0.3) is 0 Å². The predicted octanol–water partition coefficient (Wildman–Crippen LogP) is 5.79. The Balaban J connectivity index is 1.93. The first-order valence-corrected chi connectivity index (χ1v) is 9.91. The van der Waals surface area contributed by atoms with E-state index in [1.807, 2.05) is 0 Å². The minimum atomic E-state index is 0.955. The lowest BCUT2D eigenvalue weighted by atomic mass is 9.49. The van der Waals surface area contributed by atoms with Crippen molar-refractivity contribution in [2.45, 2.75) is 63.7 Å². The highest BCUT2D eigenvalue weighted by atomic mass is 127. The molecule has 0 aliphatic heterocycles. The van der Waals surface area contributed by atoms with E-state index in [1.54, 1.807) is 0 Å². The molecule has 0 bridgehead atoms. The van der Waals surface area contributed by atoms with Gasteiger partial charge in [-0.15, -0.1) is 0 Å². The van der Waals surface area contributed by atoms with Gasteiger partial charge in [-0.05, 0) is 53.8 Å². The maximum atomic E-state index is 2.88. The molecule has 0 spiro atoms. The van der Waals surface area contributed by atoms with Crippen molar-refractivity contribution in [3.05, 3.63) is 0 Å². The van der Waals surface area contributed by atoms with Gasteiger partial charge in [0.1, 0.15) is 0 Å². The highest BCUT2D eigenvalue weighted by Gasteiger charge is 2.53. The molecule has 3 aliphatic rings. The van der Waals surface area contributed by atoms with E-state index in [1.165, 1.54) is 32.1 Å². The molecule has 0 saturated heterocycles. The Morgan fingerprint density at radius 3 is 1.95 bits per heavy atom. The normalized spacial score (nSPS) is 58.3. The molecule has 0 aromatic rings. The van der Waals surface area contributed by atoms with Gasteiger partial charge in [0.15, 0.2) is 0 Å². The molecule has 19 heavy (non-hydrogen) atoms. The van der Waals surface area contributed by atoms with Crippen LogP contribution in [0.3, 0.4) is 0 Å². The van der Waals surface area contributed by atoms with Gasteiger partial charge in [0.05, 0.1) is 0 Å². The summed E-state index contributed by atoms with van der Waals surface area (Å²) in [7, 11) is 0. The third-order valence-electron chi connectivity index (χ3n) is 7.20. The molecule has 8 unspecified atom stereocenters. The summed E-state index contributed by atoms with van der Waals surface area (Å²) in [6.07, 6.45) is 7.50. The molecule has 3 fully saturated rings. The van der Waals surface area contributed by atoms with Crippen molar-refractivity contribution in [1.29, 1.82) is 0 Å². The smallest absolute Gasteiger partial charge is 0.0177 e. The van der Waals surface area contributed by atoms with Crippen molar-refractivity contribution >= 4 is 22.6 Å². The Bertz CT molecular complexity index is 326. The van der Waals surface area contributed by atoms with Gasteiger partial charge in [0.2, 0.25) is 0 Å². The molecule has 0 aromatic carbocycles. The Labute approximate surface area is 133 Å². The highest BCUT2D eigenvalue weighted by Crippen LogP contribution is 2.59. The summed E-state index contributed by atoms with van der Waals surface area (Å²) in [5, 5.41) is 0. The second kappa shape index (κ2) is 5.50. The third-order valence-corrected chi connectivity index (χ3v) is 8.86. The fourth-order valence-corrected chi connectivity index (χ4v) is 8.68. The minimum Gasteiger partial charge on any atom is -0.0820 e. The SMILES string of the molecule is CC1CCCC2C1C(I)C1C(C)CCC(C)C1[C@@H]2C. The summed E-state index contributed by atoms with van der Waals surface area (Å²) in [6.45, 7) is 10.3. The molecule has 0 radical (unpaired) electrons. The van der Waals surface area contributed by atoms with Crippen LogP contribution < -0.4 is 0 Å². The van der Waals surface area contributed by atoms with Crippen molar-refractivity contribution < 1.29 is 0 Å². The second-order valence-corrected chi connectivity index (χ2v) is 9.58. The van der Waals surface area contributed by atoms with Gasteiger partial charge in [-0.3, -0.25) is 0 Å². The van der Waals surface area contributed by atoms with Crippen LogP contribution in [0.2, 0.25) is 0 Å². The summed E-state index contributed by atoms with van der Waals surface area (Å²) < 4.78 is 0.955. The number of halogens is 1. The molecule has 0 N–H and O–H groups in total. The van der Waals surface area contributed by atoms with Crippen molar-refractivity contribution in [3.8, 4) is 0 Å². The van der Waals surface area contributed by atoms with Crippen LogP contribution in [-0.2, 0) is 0 Å². The monoisotopic (exact) mass is 374 g/mol. The lowest BCUT2D eigenvalue weighted by Gasteiger charge is -2.58. The minimum absolute atomic E-state index is 0.955. The van der Waals surface area contributed by atoms with E-state index in [4.69, 9.17) is 0 Å². The maximum absolute atomic E-state index is 2.88. The first-order valence-electron chi connectivity index (χ1n) is 8.66. The van der Waals surface area contributed by atoms with Gasteiger partial charge in [-0.25, -0.2) is 0 Å².